The van der Waals surface area contributed by atoms with Gasteiger partial charge in [-0.1, -0.05) is 37.3 Å². The Morgan fingerprint density at radius 2 is 1.85 bits per heavy atom. The molecule has 27 heavy (non-hydrogen) atoms. The number of anilines is 1. The highest BCUT2D eigenvalue weighted by Gasteiger charge is 2.18. The van der Waals surface area contributed by atoms with Crippen molar-refractivity contribution in [2.75, 3.05) is 31.2 Å². The minimum atomic E-state index is -3.19. The molecule has 2 aromatic carbocycles. The number of carbonyl (C=O) groups is 1. The molecular formula is C20H25N3O3S. The number of sulfonamides is 1. The van der Waals surface area contributed by atoms with Crippen molar-refractivity contribution in [2.24, 2.45) is 0 Å². The van der Waals surface area contributed by atoms with E-state index in [4.69, 9.17) is 0 Å². The maximum atomic E-state index is 12.1. The Labute approximate surface area is 160 Å². The van der Waals surface area contributed by atoms with Crippen molar-refractivity contribution in [1.29, 1.82) is 0 Å². The van der Waals surface area contributed by atoms with Crippen LogP contribution in [0.15, 0.2) is 42.5 Å². The van der Waals surface area contributed by atoms with Gasteiger partial charge in [-0.2, -0.15) is 0 Å². The van der Waals surface area contributed by atoms with Crippen LogP contribution >= 0.6 is 0 Å². The van der Waals surface area contributed by atoms with Gasteiger partial charge in [0.1, 0.15) is 0 Å². The van der Waals surface area contributed by atoms with E-state index in [1.54, 1.807) is 6.92 Å². The van der Waals surface area contributed by atoms with Crippen molar-refractivity contribution < 1.29 is 13.2 Å². The Morgan fingerprint density at radius 1 is 1.11 bits per heavy atom. The number of nitrogens with one attached hydrogen (secondary N) is 2. The first kappa shape index (κ1) is 19.4. The van der Waals surface area contributed by atoms with Crippen molar-refractivity contribution in [3.63, 3.8) is 0 Å². The third-order valence-electron chi connectivity index (χ3n) is 4.74. The van der Waals surface area contributed by atoms with Crippen LogP contribution in [-0.4, -0.2) is 44.6 Å². The van der Waals surface area contributed by atoms with Crippen LogP contribution in [0.4, 0.5) is 10.5 Å². The summed E-state index contributed by atoms with van der Waals surface area (Å²) in [6.07, 6.45) is 2.64. The summed E-state index contributed by atoms with van der Waals surface area (Å²) >= 11 is 0. The lowest BCUT2D eigenvalue weighted by Gasteiger charge is -2.17. The van der Waals surface area contributed by atoms with Crippen LogP contribution in [0.2, 0.25) is 0 Å². The molecule has 6 nitrogen and oxygen atoms in total. The van der Waals surface area contributed by atoms with Gasteiger partial charge >= 0.3 is 6.03 Å². The van der Waals surface area contributed by atoms with Gasteiger partial charge in [0, 0.05) is 25.3 Å². The normalized spacial score (nSPS) is 12.6. The van der Waals surface area contributed by atoms with Crippen molar-refractivity contribution in [3.8, 4) is 11.1 Å². The molecule has 0 saturated carbocycles. The summed E-state index contributed by atoms with van der Waals surface area (Å²) in [6, 6.07) is 14.0. The van der Waals surface area contributed by atoms with Gasteiger partial charge in [0.15, 0.2) is 0 Å². The highest BCUT2D eigenvalue weighted by molar-refractivity contribution is 7.88. The van der Waals surface area contributed by atoms with Crippen LogP contribution in [0.3, 0.4) is 0 Å². The van der Waals surface area contributed by atoms with Crippen LogP contribution in [0.5, 0.6) is 0 Å². The molecule has 1 aliphatic rings. The van der Waals surface area contributed by atoms with E-state index in [-0.39, 0.29) is 6.03 Å². The molecule has 0 unspecified atom stereocenters. The maximum absolute atomic E-state index is 12.1. The molecule has 0 atom stereocenters. The summed E-state index contributed by atoms with van der Waals surface area (Å²) in [6.45, 7) is 3.04. The molecule has 144 valence electrons. The highest BCUT2D eigenvalue weighted by Crippen LogP contribution is 2.37. The zero-order valence-corrected chi connectivity index (χ0v) is 16.5. The van der Waals surface area contributed by atoms with Crippen molar-refractivity contribution >= 4 is 21.7 Å². The summed E-state index contributed by atoms with van der Waals surface area (Å²) in [5.41, 5.74) is 5.75. The number of rotatable bonds is 7. The van der Waals surface area contributed by atoms with Crippen LogP contribution in [0.1, 0.15) is 24.5 Å². The van der Waals surface area contributed by atoms with Gasteiger partial charge in [-0.3, -0.25) is 0 Å². The number of nitrogens with zero attached hydrogens (tertiary/aromatic N) is 1. The molecule has 3 rings (SSSR count). The second-order valence-corrected chi connectivity index (χ2v) is 8.68. The van der Waals surface area contributed by atoms with Crippen LogP contribution in [-0.2, 0) is 16.4 Å². The van der Waals surface area contributed by atoms with E-state index in [0.29, 0.717) is 26.1 Å². The Morgan fingerprint density at radius 3 is 2.59 bits per heavy atom. The monoisotopic (exact) mass is 387 g/mol. The quantitative estimate of drug-likeness (QED) is 0.612. The SMILES string of the molecule is CCN(CCCNC(=O)Nc1ccc2c(c1)Cc1ccccc1-2)S(C)(=O)=O. The largest absolute Gasteiger partial charge is 0.338 e. The number of carbonyl (C=O) groups excluding carboxylic acids is 1. The summed E-state index contributed by atoms with van der Waals surface area (Å²) < 4.78 is 24.5. The average Bonchev–Trinajstić information content (AvgIpc) is 2.98. The second kappa shape index (κ2) is 8.10. The van der Waals surface area contributed by atoms with Crippen molar-refractivity contribution in [3.05, 3.63) is 53.6 Å². The molecule has 1 aliphatic carbocycles. The third-order valence-corrected chi connectivity index (χ3v) is 6.12. The van der Waals surface area contributed by atoms with Gasteiger partial charge < -0.3 is 10.6 Å². The topological polar surface area (TPSA) is 78.5 Å². The highest BCUT2D eigenvalue weighted by atomic mass is 32.2. The molecule has 2 aromatic rings. The average molecular weight is 388 g/mol. The van der Waals surface area contributed by atoms with Crippen molar-refractivity contribution in [1.82, 2.24) is 9.62 Å². The number of benzene rings is 2. The minimum absolute atomic E-state index is 0.284. The van der Waals surface area contributed by atoms with Gasteiger partial charge in [0.05, 0.1) is 6.26 Å². The fraction of sp³-hybridized carbons (Fsp3) is 0.350. The molecule has 2 amide bonds. The first-order valence-corrected chi connectivity index (χ1v) is 10.9. The fourth-order valence-corrected chi connectivity index (χ4v) is 4.34. The number of hydrogen-bond donors (Lipinski definition) is 2. The van der Waals surface area contributed by atoms with Gasteiger partial charge in [-0.15, -0.1) is 0 Å². The third kappa shape index (κ3) is 4.67. The lowest BCUT2D eigenvalue weighted by molar-refractivity contribution is 0.251. The lowest BCUT2D eigenvalue weighted by Crippen LogP contribution is -2.34. The Bertz CT molecular complexity index is 941. The van der Waals surface area contributed by atoms with E-state index >= 15 is 0 Å². The van der Waals surface area contributed by atoms with Crippen molar-refractivity contribution in [2.45, 2.75) is 19.8 Å². The molecule has 0 fully saturated rings. The first-order chi connectivity index (χ1) is 12.9. The van der Waals surface area contributed by atoms with E-state index in [9.17, 15) is 13.2 Å². The van der Waals surface area contributed by atoms with E-state index < -0.39 is 10.0 Å². The Hall–Kier alpha value is -2.38. The van der Waals surface area contributed by atoms with Crippen LogP contribution in [0, 0.1) is 0 Å². The molecule has 0 bridgehead atoms. The predicted octanol–water partition coefficient (Wildman–Crippen LogP) is 3.05. The number of fused-ring (bicyclic) bond motifs is 3. The van der Waals surface area contributed by atoms with E-state index in [2.05, 4.69) is 22.8 Å². The summed E-state index contributed by atoms with van der Waals surface area (Å²) in [4.78, 5) is 12.1. The molecule has 0 aliphatic heterocycles. The van der Waals surface area contributed by atoms with Gasteiger partial charge in [0.2, 0.25) is 10.0 Å². The molecule has 7 heteroatoms. The summed E-state index contributed by atoms with van der Waals surface area (Å²) in [5.74, 6) is 0. The van der Waals surface area contributed by atoms with E-state index in [1.165, 1.54) is 32.8 Å². The Balaban J connectivity index is 1.50. The van der Waals surface area contributed by atoms with E-state index in [0.717, 1.165) is 12.1 Å². The zero-order valence-electron chi connectivity index (χ0n) is 15.7. The number of amides is 2. The van der Waals surface area contributed by atoms with Crippen LogP contribution < -0.4 is 10.6 Å². The number of urea groups is 1. The lowest BCUT2D eigenvalue weighted by atomic mass is 10.1. The first-order valence-electron chi connectivity index (χ1n) is 9.09. The molecular weight excluding hydrogens is 362 g/mol. The molecule has 0 radical (unpaired) electrons. The van der Waals surface area contributed by atoms with Gasteiger partial charge in [-0.25, -0.2) is 17.5 Å². The van der Waals surface area contributed by atoms with Gasteiger partial charge in [-0.05, 0) is 47.2 Å². The molecule has 0 spiro atoms. The molecule has 0 saturated heterocycles. The van der Waals surface area contributed by atoms with E-state index in [1.807, 2.05) is 30.3 Å². The van der Waals surface area contributed by atoms with Gasteiger partial charge in [0.25, 0.3) is 0 Å². The standard InChI is InChI=1S/C20H25N3O3S/c1-3-23(27(2,25)26)12-6-11-21-20(24)22-17-9-10-19-16(14-17)13-15-7-4-5-8-18(15)19/h4-5,7-10,14H,3,6,11-13H2,1-2H3,(H2,21,22,24). The maximum Gasteiger partial charge on any atom is 0.319 e. The molecule has 0 aromatic heterocycles. The Kier molecular flexibility index (Phi) is 5.82. The fourth-order valence-electron chi connectivity index (χ4n) is 3.41. The minimum Gasteiger partial charge on any atom is -0.338 e. The molecule has 0 heterocycles. The van der Waals surface area contributed by atoms with Crippen LogP contribution in [0.25, 0.3) is 11.1 Å². The summed E-state index contributed by atoms with van der Waals surface area (Å²) in [7, 11) is -3.19. The predicted molar refractivity (Wildman–Crippen MR) is 108 cm³/mol. The smallest absolute Gasteiger partial charge is 0.319 e. The zero-order chi connectivity index (χ0) is 19.4. The summed E-state index contributed by atoms with van der Waals surface area (Å²) in [5, 5.41) is 5.62. The second-order valence-electron chi connectivity index (χ2n) is 6.69. The molecule has 2 N–H and O–H groups in total. The number of hydrogen-bond acceptors (Lipinski definition) is 3.